The van der Waals surface area contributed by atoms with Gasteiger partial charge in [0.2, 0.25) is 0 Å². The van der Waals surface area contributed by atoms with Crippen LogP contribution in [0.1, 0.15) is 18.6 Å². The lowest BCUT2D eigenvalue weighted by atomic mass is 10.1. The van der Waals surface area contributed by atoms with Crippen molar-refractivity contribution in [2.45, 2.75) is 13.0 Å². The molecule has 0 saturated heterocycles. The molecule has 66 valence electrons. The van der Waals surface area contributed by atoms with Crippen molar-refractivity contribution in [3.05, 3.63) is 34.4 Å². The fraction of sp³-hybridized carbons (Fsp3) is 0.250. The van der Waals surface area contributed by atoms with Gasteiger partial charge in [-0.2, -0.15) is 0 Å². The fourth-order valence-corrected chi connectivity index (χ4v) is 1.09. The lowest BCUT2D eigenvalue weighted by molar-refractivity contribution is 0.188. The SMILES string of the molecule is C[C@@H](O)c1c(F)ccc(Cl)c1F. The van der Waals surface area contributed by atoms with Crippen LogP contribution in [0.3, 0.4) is 0 Å². The van der Waals surface area contributed by atoms with E-state index >= 15 is 0 Å². The molecule has 1 N–H and O–H groups in total. The summed E-state index contributed by atoms with van der Waals surface area (Å²) in [5, 5.41) is 8.78. The van der Waals surface area contributed by atoms with Crippen molar-refractivity contribution in [1.29, 1.82) is 0 Å². The first-order valence-electron chi connectivity index (χ1n) is 3.35. The number of aliphatic hydroxyl groups is 1. The van der Waals surface area contributed by atoms with Crippen molar-refractivity contribution < 1.29 is 13.9 Å². The van der Waals surface area contributed by atoms with Gasteiger partial charge < -0.3 is 5.11 Å². The molecule has 0 fully saturated rings. The van der Waals surface area contributed by atoms with Crippen LogP contribution in [0.15, 0.2) is 12.1 Å². The number of rotatable bonds is 1. The number of aliphatic hydroxyl groups excluding tert-OH is 1. The molecule has 0 aromatic heterocycles. The largest absolute Gasteiger partial charge is 0.388 e. The van der Waals surface area contributed by atoms with E-state index in [0.29, 0.717) is 0 Å². The summed E-state index contributed by atoms with van der Waals surface area (Å²) in [6.45, 7) is 1.28. The zero-order valence-corrected chi connectivity index (χ0v) is 7.07. The number of hydrogen-bond donors (Lipinski definition) is 1. The molecule has 0 amide bonds. The minimum atomic E-state index is -1.19. The normalized spacial score (nSPS) is 13.1. The quantitative estimate of drug-likeness (QED) is 0.679. The highest BCUT2D eigenvalue weighted by molar-refractivity contribution is 6.30. The molecular weight excluding hydrogens is 186 g/mol. The Labute approximate surface area is 73.6 Å². The summed E-state index contributed by atoms with van der Waals surface area (Å²) < 4.78 is 25.8. The summed E-state index contributed by atoms with van der Waals surface area (Å²) >= 11 is 5.38. The summed E-state index contributed by atoms with van der Waals surface area (Å²) in [6.07, 6.45) is -1.19. The van der Waals surface area contributed by atoms with Gasteiger partial charge in [0.25, 0.3) is 0 Å². The molecule has 0 aliphatic rings. The van der Waals surface area contributed by atoms with E-state index in [4.69, 9.17) is 16.7 Å². The summed E-state index contributed by atoms with van der Waals surface area (Å²) in [6, 6.07) is 2.13. The molecule has 0 radical (unpaired) electrons. The Kier molecular flexibility index (Phi) is 2.65. The third kappa shape index (κ3) is 1.57. The van der Waals surface area contributed by atoms with Gasteiger partial charge in [0.15, 0.2) is 5.82 Å². The molecule has 0 aliphatic heterocycles. The van der Waals surface area contributed by atoms with Gasteiger partial charge in [0.05, 0.1) is 16.7 Å². The fourth-order valence-electron chi connectivity index (χ4n) is 0.926. The van der Waals surface area contributed by atoms with Gasteiger partial charge in [-0.25, -0.2) is 8.78 Å². The Balaban J connectivity index is 3.33. The van der Waals surface area contributed by atoms with E-state index in [1.54, 1.807) is 0 Å². The maximum atomic E-state index is 13.0. The second-order valence-corrected chi connectivity index (χ2v) is 2.84. The second kappa shape index (κ2) is 3.37. The molecule has 0 unspecified atom stereocenters. The molecule has 1 aromatic rings. The molecule has 1 rings (SSSR count). The van der Waals surface area contributed by atoms with Crippen molar-refractivity contribution in [1.82, 2.24) is 0 Å². The molecule has 1 atom stereocenters. The highest BCUT2D eigenvalue weighted by Crippen LogP contribution is 2.25. The predicted octanol–water partition coefficient (Wildman–Crippen LogP) is 2.67. The maximum absolute atomic E-state index is 13.0. The zero-order valence-electron chi connectivity index (χ0n) is 6.31. The first-order valence-corrected chi connectivity index (χ1v) is 3.73. The molecule has 0 aliphatic carbocycles. The maximum Gasteiger partial charge on any atom is 0.150 e. The Morgan fingerprint density at radius 1 is 1.42 bits per heavy atom. The van der Waals surface area contributed by atoms with E-state index in [0.717, 1.165) is 12.1 Å². The number of benzene rings is 1. The van der Waals surface area contributed by atoms with Crippen molar-refractivity contribution >= 4 is 11.6 Å². The van der Waals surface area contributed by atoms with Crippen LogP contribution >= 0.6 is 11.6 Å². The highest BCUT2D eigenvalue weighted by Gasteiger charge is 2.16. The molecule has 4 heteroatoms. The first kappa shape index (κ1) is 9.42. The van der Waals surface area contributed by atoms with Crippen LogP contribution in [0.25, 0.3) is 0 Å². The van der Waals surface area contributed by atoms with Crippen LogP contribution in [-0.2, 0) is 0 Å². The third-order valence-electron chi connectivity index (χ3n) is 1.50. The Morgan fingerprint density at radius 3 is 2.42 bits per heavy atom. The molecule has 0 heterocycles. The van der Waals surface area contributed by atoms with Crippen LogP contribution in [0.2, 0.25) is 5.02 Å². The van der Waals surface area contributed by atoms with Crippen LogP contribution < -0.4 is 0 Å². The van der Waals surface area contributed by atoms with Crippen LogP contribution in [-0.4, -0.2) is 5.11 Å². The molecular formula is C8H7ClF2O. The average molecular weight is 193 g/mol. The monoisotopic (exact) mass is 192 g/mol. The van der Waals surface area contributed by atoms with Gasteiger partial charge in [-0.3, -0.25) is 0 Å². The Bertz CT molecular complexity index is 299. The Morgan fingerprint density at radius 2 is 2.00 bits per heavy atom. The molecule has 0 spiro atoms. The van der Waals surface area contributed by atoms with Crippen LogP contribution in [0.5, 0.6) is 0 Å². The molecule has 1 aromatic carbocycles. The van der Waals surface area contributed by atoms with E-state index in [2.05, 4.69) is 0 Å². The average Bonchev–Trinajstić information content (AvgIpc) is 1.97. The van der Waals surface area contributed by atoms with E-state index in [1.807, 2.05) is 0 Å². The van der Waals surface area contributed by atoms with E-state index < -0.39 is 17.7 Å². The second-order valence-electron chi connectivity index (χ2n) is 2.43. The van der Waals surface area contributed by atoms with Gasteiger partial charge >= 0.3 is 0 Å². The van der Waals surface area contributed by atoms with E-state index in [9.17, 15) is 8.78 Å². The molecule has 1 nitrogen and oxygen atoms in total. The minimum absolute atomic E-state index is 0.188. The van der Waals surface area contributed by atoms with Gasteiger partial charge in [-0.1, -0.05) is 11.6 Å². The zero-order chi connectivity index (χ0) is 9.30. The molecule has 12 heavy (non-hydrogen) atoms. The van der Waals surface area contributed by atoms with Gasteiger partial charge in [-0.15, -0.1) is 0 Å². The minimum Gasteiger partial charge on any atom is -0.388 e. The van der Waals surface area contributed by atoms with Gasteiger partial charge in [0, 0.05) is 0 Å². The summed E-state index contributed by atoms with van der Waals surface area (Å²) in [4.78, 5) is 0. The predicted molar refractivity (Wildman–Crippen MR) is 42.0 cm³/mol. The Hall–Kier alpha value is -0.670. The third-order valence-corrected chi connectivity index (χ3v) is 1.79. The van der Waals surface area contributed by atoms with Crippen molar-refractivity contribution in [2.75, 3.05) is 0 Å². The van der Waals surface area contributed by atoms with E-state index in [1.165, 1.54) is 6.92 Å². The number of halogens is 3. The van der Waals surface area contributed by atoms with Gasteiger partial charge in [0.1, 0.15) is 5.82 Å². The molecule has 0 bridgehead atoms. The smallest absolute Gasteiger partial charge is 0.150 e. The lowest BCUT2D eigenvalue weighted by Gasteiger charge is -2.07. The summed E-state index contributed by atoms with van der Waals surface area (Å²) in [5.41, 5.74) is -0.387. The molecule has 0 saturated carbocycles. The van der Waals surface area contributed by atoms with Crippen molar-refractivity contribution in [2.24, 2.45) is 0 Å². The van der Waals surface area contributed by atoms with Crippen molar-refractivity contribution in [3.63, 3.8) is 0 Å². The highest BCUT2D eigenvalue weighted by atomic mass is 35.5. The van der Waals surface area contributed by atoms with E-state index in [-0.39, 0.29) is 10.6 Å². The standard InChI is InChI=1S/C8H7ClF2O/c1-4(12)7-6(10)3-2-5(9)8(7)11/h2-4,12H,1H3/t4-/m1/s1. The number of hydrogen-bond acceptors (Lipinski definition) is 1. The van der Waals surface area contributed by atoms with Crippen molar-refractivity contribution in [3.8, 4) is 0 Å². The summed E-state index contributed by atoms with van der Waals surface area (Å²) in [7, 11) is 0. The van der Waals surface area contributed by atoms with Crippen LogP contribution in [0, 0.1) is 11.6 Å². The first-order chi connectivity index (χ1) is 5.54. The summed E-state index contributed by atoms with van der Waals surface area (Å²) in [5.74, 6) is -1.68. The lowest BCUT2D eigenvalue weighted by Crippen LogP contribution is -2.00. The van der Waals surface area contributed by atoms with Crippen LogP contribution in [0.4, 0.5) is 8.78 Å². The van der Waals surface area contributed by atoms with Gasteiger partial charge in [-0.05, 0) is 19.1 Å². The topological polar surface area (TPSA) is 20.2 Å².